The standard InChI is InChI=1S/C17H21NO/c1-18-17(12-14-8-4-2-5-9-14)16(13-19)15-10-6-3-7-11-15/h2-11,16-19H,12-13H2,1H3. The summed E-state index contributed by atoms with van der Waals surface area (Å²) in [7, 11) is 1.96. The highest BCUT2D eigenvalue weighted by molar-refractivity contribution is 5.24. The summed E-state index contributed by atoms with van der Waals surface area (Å²) < 4.78 is 0. The molecule has 0 saturated heterocycles. The fourth-order valence-electron chi connectivity index (χ4n) is 2.48. The molecule has 2 unspecified atom stereocenters. The second-order valence-electron chi connectivity index (χ2n) is 4.78. The highest BCUT2D eigenvalue weighted by Gasteiger charge is 2.21. The first-order valence-corrected chi connectivity index (χ1v) is 6.72. The summed E-state index contributed by atoms with van der Waals surface area (Å²) in [6.07, 6.45) is 0.914. The van der Waals surface area contributed by atoms with E-state index in [2.05, 4.69) is 41.7 Å². The third kappa shape index (κ3) is 3.66. The van der Waals surface area contributed by atoms with E-state index in [1.807, 2.05) is 31.3 Å². The van der Waals surface area contributed by atoms with Gasteiger partial charge in [-0.05, 0) is 24.6 Å². The molecule has 0 aromatic heterocycles. The van der Waals surface area contributed by atoms with Crippen LogP contribution in [-0.4, -0.2) is 24.8 Å². The van der Waals surface area contributed by atoms with Gasteiger partial charge in [0.25, 0.3) is 0 Å². The first-order valence-electron chi connectivity index (χ1n) is 6.72. The Hall–Kier alpha value is -1.64. The number of benzene rings is 2. The molecule has 0 spiro atoms. The lowest BCUT2D eigenvalue weighted by molar-refractivity contribution is 0.237. The summed E-state index contributed by atoms with van der Waals surface area (Å²) in [6, 6.07) is 20.8. The molecule has 2 N–H and O–H groups in total. The van der Waals surface area contributed by atoms with E-state index in [4.69, 9.17) is 0 Å². The van der Waals surface area contributed by atoms with E-state index in [9.17, 15) is 5.11 Å². The van der Waals surface area contributed by atoms with Crippen molar-refractivity contribution >= 4 is 0 Å². The number of rotatable bonds is 6. The molecule has 2 aromatic carbocycles. The van der Waals surface area contributed by atoms with E-state index >= 15 is 0 Å². The molecule has 0 radical (unpaired) electrons. The normalized spacial score (nSPS) is 14.0. The molecule has 2 rings (SSSR count). The van der Waals surface area contributed by atoms with Crippen molar-refractivity contribution in [2.24, 2.45) is 0 Å². The smallest absolute Gasteiger partial charge is 0.0514 e. The number of aliphatic hydroxyl groups excluding tert-OH is 1. The summed E-state index contributed by atoms with van der Waals surface area (Å²) in [5.41, 5.74) is 2.47. The Morgan fingerprint density at radius 1 is 0.947 bits per heavy atom. The molecule has 2 heteroatoms. The Morgan fingerprint density at radius 3 is 2.05 bits per heavy atom. The number of aliphatic hydroxyl groups is 1. The maximum atomic E-state index is 9.72. The molecule has 100 valence electrons. The van der Waals surface area contributed by atoms with Gasteiger partial charge in [0.1, 0.15) is 0 Å². The van der Waals surface area contributed by atoms with Crippen molar-refractivity contribution in [3.63, 3.8) is 0 Å². The molecule has 19 heavy (non-hydrogen) atoms. The zero-order valence-electron chi connectivity index (χ0n) is 11.3. The highest BCUT2D eigenvalue weighted by atomic mass is 16.3. The fraction of sp³-hybridized carbons (Fsp3) is 0.294. The van der Waals surface area contributed by atoms with Gasteiger partial charge in [-0.25, -0.2) is 0 Å². The molecular weight excluding hydrogens is 234 g/mol. The maximum absolute atomic E-state index is 9.72. The highest BCUT2D eigenvalue weighted by Crippen LogP contribution is 2.21. The lowest BCUT2D eigenvalue weighted by Gasteiger charge is -2.26. The first-order chi connectivity index (χ1) is 9.35. The van der Waals surface area contributed by atoms with Gasteiger partial charge in [0.05, 0.1) is 6.61 Å². The van der Waals surface area contributed by atoms with Crippen LogP contribution >= 0.6 is 0 Å². The zero-order valence-corrected chi connectivity index (χ0v) is 11.3. The Balaban J connectivity index is 2.15. The molecule has 2 nitrogen and oxygen atoms in total. The summed E-state index contributed by atoms with van der Waals surface area (Å²) in [4.78, 5) is 0. The molecule has 0 saturated carbocycles. The molecule has 0 aliphatic rings. The largest absolute Gasteiger partial charge is 0.396 e. The fourth-order valence-corrected chi connectivity index (χ4v) is 2.48. The van der Waals surface area contributed by atoms with Crippen LogP contribution in [0, 0.1) is 0 Å². The van der Waals surface area contributed by atoms with E-state index in [1.54, 1.807) is 0 Å². The predicted molar refractivity (Wildman–Crippen MR) is 79.3 cm³/mol. The minimum absolute atomic E-state index is 0.117. The van der Waals surface area contributed by atoms with E-state index < -0.39 is 0 Å². The Bertz CT molecular complexity index is 469. The van der Waals surface area contributed by atoms with E-state index in [1.165, 1.54) is 11.1 Å². The summed E-state index contributed by atoms with van der Waals surface area (Å²) in [6.45, 7) is 0.155. The van der Waals surface area contributed by atoms with Crippen molar-refractivity contribution in [1.82, 2.24) is 5.32 Å². The molecule has 2 aromatic rings. The average molecular weight is 255 g/mol. The van der Waals surface area contributed by atoms with Gasteiger partial charge < -0.3 is 10.4 Å². The summed E-state index contributed by atoms with van der Waals surface area (Å²) in [5.74, 6) is 0.117. The Kier molecular flexibility index (Phi) is 5.13. The minimum atomic E-state index is 0.117. The molecule has 0 aliphatic carbocycles. The summed E-state index contributed by atoms with van der Waals surface area (Å²) in [5, 5.41) is 13.1. The van der Waals surface area contributed by atoms with Crippen molar-refractivity contribution in [2.45, 2.75) is 18.4 Å². The average Bonchev–Trinajstić information content (AvgIpc) is 2.49. The second kappa shape index (κ2) is 7.07. The van der Waals surface area contributed by atoms with Crippen LogP contribution < -0.4 is 5.32 Å². The van der Waals surface area contributed by atoms with E-state index in [-0.39, 0.29) is 18.6 Å². The predicted octanol–water partition coefficient (Wildman–Crippen LogP) is 2.59. The van der Waals surface area contributed by atoms with Gasteiger partial charge >= 0.3 is 0 Å². The first kappa shape index (κ1) is 13.8. The van der Waals surface area contributed by atoms with Crippen molar-refractivity contribution in [1.29, 1.82) is 0 Å². The maximum Gasteiger partial charge on any atom is 0.0514 e. The molecule has 0 aliphatic heterocycles. The van der Waals surface area contributed by atoms with Gasteiger partial charge in [-0.3, -0.25) is 0 Å². The molecule has 0 bridgehead atoms. The molecule has 0 fully saturated rings. The number of likely N-dealkylation sites (N-methyl/N-ethyl adjacent to an activating group) is 1. The zero-order chi connectivity index (χ0) is 13.5. The Morgan fingerprint density at radius 2 is 1.53 bits per heavy atom. The van der Waals surface area contributed by atoms with Crippen molar-refractivity contribution in [3.8, 4) is 0 Å². The molecular formula is C17H21NO. The number of nitrogens with one attached hydrogen (secondary N) is 1. The van der Waals surface area contributed by atoms with E-state index in [0.717, 1.165) is 6.42 Å². The lowest BCUT2D eigenvalue weighted by Crippen LogP contribution is -2.36. The van der Waals surface area contributed by atoms with Crippen molar-refractivity contribution in [3.05, 3.63) is 71.8 Å². The molecule has 0 heterocycles. The van der Waals surface area contributed by atoms with Gasteiger partial charge in [-0.1, -0.05) is 60.7 Å². The molecule has 2 atom stereocenters. The summed E-state index contributed by atoms with van der Waals surface area (Å²) >= 11 is 0. The van der Waals surface area contributed by atoms with Crippen molar-refractivity contribution in [2.75, 3.05) is 13.7 Å². The van der Waals surface area contributed by atoms with Gasteiger partial charge in [0.15, 0.2) is 0 Å². The van der Waals surface area contributed by atoms with Crippen LogP contribution in [0.3, 0.4) is 0 Å². The third-order valence-corrected chi connectivity index (χ3v) is 3.58. The van der Waals surface area contributed by atoms with Crippen LogP contribution in [0.2, 0.25) is 0 Å². The van der Waals surface area contributed by atoms with Gasteiger partial charge in [-0.2, -0.15) is 0 Å². The van der Waals surface area contributed by atoms with Crippen LogP contribution in [0.5, 0.6) is 0 Å². The van der Waals surface area contributed by atoms with Gasteiger partial charge in [-0.15, -0.1) is 0 Å². The van der Waals surface area contributed by atoms with Crippen molar-refractivity contribution < 1.29 is 5.11 Å². The molecule has 0 amide bonds. The number of hydrogen-bond acceptors (Lipinski definition) is 2. The van der Waals surface area contributed by atoms with Crippen LogP contribution in [0.15, 0.2) is 60.7 Å². The van der Waals surface area contributed by atoms with Crippen LogP contribution in [-0.2, 0) is 6.42 Å². The van der Waals surface area contributed by atoms with Gasteiger partial charge in [0, 0.05) is 12.0 Å². The van der Waals surface area contributed by atoms with Crippen LogP contribution in [0.25, 0.3) is 0 Å². The van der Waals surface area contributed by atoms with Gasteiger partial charge in [0.2, 0.25) is 0 Å². The van der Waals surface area contributed by atoms with Crippen LogP contribution in [0.4, 0.5) is 0 Å². The van der Waals surface area contributed by atoms with E-state index in [0.29, 0.717) is 0 Å². The quantitative estimate of drug-likeness (QED) is 0.831. The number of hydrogen-bond donors (Lipinski definition) is 2. The Labute approximate surface area is 115 Å². The van der Waals surface area contributed by atoms with Crippen LogP contribution in [0.1, 0.15) is 17.0 Å². The minimum Gasteiger partial charge on any atom is -0.396 e. The topological polar surface area (TPSA) is 32.3 Å². The second-order valence-corrected chi connectivity index (χ2v) is 4.78. The SMILES string of the molecule is CNC(Cc1ccccc1)C(CO)c1ccccc1. The monoisotopic (exact) mass is 255 g/mol. The third-order valence-electron chi connectivity index (χ3n) is 3.58. The lowest BCUT2D eigenvalue weighted by atomic mass is 9.88.